The lowest BCUT2D eigenvalue weighted by Crippen LogP contribution is -2.71. The van der Waals surface area contributed by atoms with Crippen molar-refractivity contribution in [1.29, 1.82) is 0 Å². The molecule has 3 rings (SSSR count). The highest BCUT2D eigenvalue weighted by atomic mass is 28.4. The van der Waals surface area contributed by atoms with Crippen molar-refractivity contribution in [2.24, 2.45) is 5.92 Å². The zero-order valence-corrected chi connectivity index (χ0v) is 34.1. The van der Waals surface area contributed by atoms with Gasteiger partial charge in [-0.15, -0.1) is 0 Å². The van der Waals surface area contributed by atoms with Gasteiger partial charge >= 0.3 is 12.1 Å². The number of amides is 3. The highest BCUT2D eigenvalue weighted by molar-refractivity contribution is 6.74. The molecule has 50 heavy (non-hydrogen) atoms. The van der Waals surface area contributed by atoms with Crippen LogP contribution in [0.4, 0.5) is 4.79 Å². The molecule has 2 aliphatic rings. The third-order valence-electron chi connectivity index (χ3n) is 10.3. The molecule has 0 unspecified atom stereocenters. The van der Waals surface area contributed by atoms with E-state index in [0.29, 0.717) is 0 Å². The summed E-state index contributed by atoms with van der Waals surface area (Å²) in [6.07, 6.45) is -4.02. The Balaban J connectivity index is 2.04. The molecule has 1 aliphatic heterocycles. The third-order valence-corrected chi connectivity index (χ3v) is 19.2. The smallest absolute Gasteiger partial charge is 0.407 e. The molecule has 0 spiro atoms. The normalized spacial score (nSPS) is 25.2. The van der Waals surface area contributed by atoms with Crippen LogP contribution in [0.5, 0.6) is 0 Å². The third kappa shape index (κ3) is 10.4. The summed E-state index contributed by atoms with van der Waals surface area (Å²) < 4.78 is 37.3. The number of benzene rings is 1. The fourth-order valence-electron chi connectivity index (χ4n) is 5.45. The van der Waals surface area contributed by atoms with Crippen LogP contribution in [0.2, 0.25) is 36.3 Å². The van der Waals surface area contributed by atoms with Crippen LogP contribution in [0.1, 0.15) is 61.0 Å². The fourth-order valence-corrected chi connectivity index (χ4v) is 8.07. The summed E-state index contributed by atoms with van der Waals surface area (Å²) in [4.78, 5) is 52.6. The van der Waals surface area contributed by atoms with Crippen molar-refractivity contribution in [2.75, 3.05) is 20.2 Å². The van der Waals surface area contributed by atoms with Gasteiger partial charge in [-0.05, 0) is 55.7 Å². The van der Waals surface area contributed by atoms with Gasteiger partial charge in [0.05, 0.1) is 31.3 Å². The predicted molar refractivity (Wildman–Crippen MR) is 193 cm³/mol. The summed E-state index contributed by atoms with van der Waals surface area (Å²) in [6.45, 7) is 23.8. The average molecular weight is 738 g/mol. The van der Waals surface area contributed by atoms with Gasteiger partial charge in [0.25, 0.3) is 0 Å². The number of hydrogen-bond donors (Lipinski definition) is 3. The molecule has 13 nitrogen and oxygen atoms in total. The lowest BCUT2D eigenvalue weighted by atomic mass is 9.76. The minimum atomic E-state index is -2.63. The lowest BCUT2D eigenvalue weighted by molar-refractivity contribution is -0.160. The second kappa shape index (κ2) is 15.8. The molecule has 6 atom stereocenters. The first-order chi connectivity index (χ1) is 22.9. The van der Waals surface area contributed by atoms with Crippen LogP contribution >= 0.6 is 0 Å². The van der Waals surface area contributed by atoms with E-state index in [9.17, 15) is 19.2 Å². The minimum Gasteiger partial charge on any atom is -0.468 e. The van der Waals surface area contributed by atoms with Gasteiger partial charge in [0.1, 0.15) is 31.9 Å². The Bertz CT molecular complexity index is 1360. The van der Waals surface area contributed by atoms with Gasteiger partial charge in [0.2, 0.25) is 11.8 Å². The van der Waals surface area contributed by atoms with Gasteiger partial charge in [-0.3, -0.25) is 14.4 Å². The van der Waals surface area contributed by atoms with Crippen molar-refractivity contribution in [3.05, 3.63) is 35.9 Å². The quantitative estimate of drug-likeness (QED) is 0.204. The number of carbonyl (C=O) groups excluding carboxylic acids is 4. The van der Waals surface area contributed by atoms with E-state index in [1.807, 2.05) is 30.3 Å². The summed E-state index contributed by atoms with van der Waals surface area (Å²) in [5, 5.41) is 7.68. The second-order valence-corrected chi connectivity index (χ2v) is 26.1. The zero-order valence-electron chi connectivity index (χ0n) is 32.1. The maximum Gasteiger partial charge on any atom is 0.407 e. The number of alkyl carbamates (subject to hydrolysis) is 1. The number of methoxy groups -OCH3 is 1. The van der Waals surface area contributed by atoms with E-state index in [1.165, 1.54) is 7.11 Å². The Kier molecular flexibility index (Phi) is 13.2. The maximum atomic E-state index is 14.3. The second-order valence-electron chi connectivity index (χ2n) is 16.6. The number of carbonyl (C=O) groups is 4. The van der Waals surface area contributed by atoms with Crippen LogP contribution in [-0.2, 0) is 48.8 Å². The van der Waals surface area contributed by atoms with Gasteiger partial charge in [-0.1, -0.05) is 71.9 Å². The van der Waals surface area contributed by atoms with Crippen LogP contribution in [0.15, 0.2) is 30.3 Å². The summed E-state index contributed by atoms with van der Waals surface area (Å²) in [5.74, 6) is -3.94. The Morgan fingerprint density at radius 1 is 0.800 bits per heavy atom. The summed E-state index contributed by atoms with van der Waals surface area (Å²) in [5.41, 5.74) is 0.796. The maximum absolute atomic E-state index is 14.3. The first kappa shape index (κ1) is 41.6. The SMILES string of the molecule is COC(=O)CNC(=O)[C@@H]1[C@@H](NC(=O)CNC(=O)OCc2ccccc2)[C@@H]2OC(C)(C)O[C@@H]2[C@@H](O[Si](C)(C)C(C)(C)C)[C@@H]1O[Si](C)(C)C(C)(C)C. The molecule has 1 saturated heterocycles. The van der Waals surface area contributed by atoms with Crippen LogP contribution in [0, 0.1) is 5.92 Å². The Morgan fingerprint density at radius 3 is 1.88 bits per heavy atom. The number of rotatable bonds is 12. The van der Waals surface area contributed by atoms with E-state index in [1.54, 1.807) is 13.8 Å². The van der Waals surface area contributed by atoms with Gasteiger partial charge in [-0.2, -0.15) is 0 Å². The van der Waals surface area contributed by atoms with Gasteiger partial charge in [0, 0.05) is 0 Å². The van der Waals surface area contributed by atoms with Crippen molar-refractivity contribution >= 4 is 40.5 Å². The molecule has 282 valence electrons. The molecule has 0 bridgehead atoms. The largest absolute Gasteiger partial charge is 0.468 e. The Labute approximate surface area is 299 Å². The van der Waals surface area contributed by atoms with Gasteiger partial charge in [-0.25, -0.2) is 4.79 Å². The Hall–Kier alpha value is -2.83. The van der Waals surface area contributed by atoms with Crippen LogP contribution in [-0.4, -0.2) is 97.0 Å². The lowest BCUT2D eigenvalue weighted by Gasteiger charge is -2.53. The van der Waals surface area contributed by atoms with Crippen molar-refractivity contribution in [3.8, 4) is 0 Å². The molecule has 1 aromatic carbocycles. The monoisotopic (exact) mass is 737 g/mol. The van der Waals surface area contributed by atoms with E-state index < -0.39 is 95.8 Å². The van der Waals surface area contributed by atoms with E-state index in [4.69, 9.17) is 27.8 Å². The molecule has 15 heteroatoms. The highest BCUT2D eigenvalue weighted by Crippen LogP contribution is 2.48. The molecular weight excluding hydrogens is 679 g/mol. The predicted octanol–water partition coefficient (Wildman–Crippen LogP) is 4.62. The Morgan fingerprint density at radius 2 is 1.34 bits per heavy atom. The summed E-state index contributed by atoms with van der Waals surface area (Å²) >= 11 is 0. The van der Waals surface area contributed by atoms with Crippen molar-refractivity contribution in [3.63, 3.8) is 0 Å². The molecule has 0 radical (unpaired) electrons. The molecular formula is C35H59N3O10Si2. The average Bonchev–Trinajstić information content (AvgIpc) is 3.33. The number of esters is 1. The van der Waals surface area contributed by atoms with Crippen molar-refractivity contribution in [1.82, 2.24) is 16.0 Å². The van der Waals surface area contributed by atoms with Crippen molar-refractivity contribution in [2.45, 2.75) is 135 Å². The number of nitrogens with one attached hydrogen (secondary N) is 3. The molecule has 1 aliphatic carbocycles. The molecule has 1 heterocycles. The fraction of sp³-hybridized carbons (Fsp3) is 0.714. The van der Waals surface area contributed by atoms with Gasteiger partial charge < -0.3 is 43.7 Å². The minimum absolute atomic E-state index is 0.0332. The first-order valence-corrected chi connectivity index (χ1v) is 23.0. The molecule has 1 aromatic rings. The number of ether oxygens (including phenoxy) is 4. The first-order valence-electron chi connectivity index (χ1n) is 17.2. The van der Waals surface area contributed by atoms with E-state index in [2.05, 4.69) is 83.7 Å². The van der Waals surface area contributed by atoms with E-state index >= 15 is 0 Å². The van der Waals surface area contributed by atoms with Crippen LogP contribution in [0.25, 0.3) is 0 Å². The highest BCUT2D eigenvalue weighted by Gasteiger charge is 2.63. The molecule has 3 amide bonds. The van der Waals surface area contributed by atoms with Crippen LogP contribution in [0.3, 0.4) is 0 Å². The number of hydrogen-bond acceptors (Lipinski definition) is 10. The standard InChI is InChI=1S/C35H59N3O10Si2/c1-33(2,3)49(10,11)47-27-25(31(41)36-20-24(40)43-9)26(38-23(39)19-37-32(42)44-21-22-17-15-14-16-18-22)28-29(46-35(7,8)45-28)30(27)48-50(12,13)34(4,5)6/h14-18,25-30H,19-21H2,1-13H3,(H,36,41)(H,37,42)(H,38,39)/t25-,26-,27-,28+,29+,30+/m1/s1. The molecule has 2 fully saturated rings. The molecule has 1 saturated carbocycles. The molecule has 0 aromatic heterocycles. The van der Waals surface area contributed by atoms with Crippen molar-refractivity contribution < 1.29 is 47.0 Å². The molecule has 3 N–H and O–H groups in total. The summed E-state index contributed by atoms with van der Waals surface area (Å²) in [7, 11) is -3.93. The van der Waals surface area contributed by atoms with Gasteiger partial charge in [0.15, 0.2) is 22.4 Å². The summed E-state index contributed by atoms with van der Waals surface area (Å²) in [6, 6.07) is 8.17. The van der Waals surface area contributed by atoms with E-state index in [-0.39, 0.29) is 16.7 Å². The zero-order chi connectivity index (χ0) is 37.9. The van der Waals surface area contributed by atoms with Crippen LogP contribution < -0.4 is 16.0 Å². The number of fused-ring (bicyclic) bond motifs is 1. The topological polar surface area (TPSA) is 160 Å². The van der Waals surface area contributed by atoms with E-state index in [0.717, 1.165) is 5.56 Å².